The molecule has 6 heteroatoms. The number of aromatic nitrogens is 2. The molecule has 0 saturated carbocycles. The maximum atomic E-state index is 5.44. The Hall–Kier alpha value is -2.08. The summed E-state index contributed by atoms with van der Waals surface area (Å²) in [6.45, 7) is 0.469. The standard InChI is InChI=1S/C12H15N3O3/c1-16-9-5-3-4-8(11(9)17-2)12-14-10(6-7-13)18-15-12/h3-5H,6-7,13H2,1-2H3. The van der Waals surface area contributed by atoms with Crippen LogP contribution in [0.2, 0.25) is 0 Å². The van der Waals surface area contributed by atoms with Crippen molar-refractivity contribution in [2.75, 3.05) is 20.8 Å². The van der Waals surface area contributed by atoms with E-state index in [0.29, 0.717) is 36.2 Å². The van der Waals surface area contributed by atoms with Crippen molar-refractivity contribution in [3.8, 4) is 22.9 Å². The number of hydrogen-bond donors (Lipinski definition) is 1. The van der Waals surface area contributed by atoms with Crippen molar-refractivity contribution < 1.29 is 14.0 Å². The molecule has 1 aromatic heterocycles. The van der Waals surface area contributed by atoms with Gasteiger partial charge in [0, 0.05) is 13.0 Å². The molecule has 0 spiro atoms. The van der Waals surface area contributed by atoms with Crippen LogP contribution in [0.25, 0.3) is 11.4 Å². The Morgan fingerprint density at radius 1 is 1.28 bits per heavy atom. The largest absolute Gasteiger partial charge is 0.493 e. The third kappa shape index (κ3) is 2.28. The molecule has 96 valence electrons. The van der Waals surface area contributed by atoms with Gasteiger partial charge < -0.3 is 19.7 Å². The first-order valence-electron chi connectivity index (χ1n) is 5.54. The normalized spacial score (nSPS) is 10.4. The molecule has 0 aliphatic carbocycles. The lowest BCUT2D eigenvalue weighted by molar-refractivity contribution is 0.355. The maximum Gasteiger partial charge on any atom is 0.228 e. The molecule has 0 fully saturated rings. The van der Waals surface area contributed by atoms with E-state index in [4.69, 9.17) is 19.7 Å². The van der Waals surface area contributed by atoms with Gasteiger partial charge in [-0.3, -0.25) is 0 Å². The van der Waals surface area contributed by atoms with Crippen molar-refractivity contribution in [1.82, 2.24) is 10.1 Å². The van der Waals surface area contributed by atoms with Crippen molar-refractivity contribution in [3.63, 3.8) is 0 Å². The molecule has 1 heterocycles. The minimum Gasteiger partial charge on any atom is -0.493 e. The lowest BCUT2D eigenvalue weighted by Crippen LogP contribution is -2.02. The van der Waals surface area contributed by atoms with Crippen LogP contribution in [0.3, 0.4) is 0 Å². The van der Waals surface area contributed by atoms with E-state index < -0.39 is 0 Å². The number of nitrogens with two attached hydrogens (primary N) is 1. The summed E-state index contributed by atoms with van der Waals surface area (Å²) in [5.41, 5.74) is 6.16. The molecule has 0 bridgehead atoms. The topological polar surface area (TPSA) is 83.4 Å². The second-order valence-corrected chi connectivity index (χ2v) is 3.59. The first-order chi connectivity index (χ1) is 8.80. The zero-order valence-electron chi connectivity index (χ0n) is 10.3. The monoisotopic (exact) mass is 249 g/mol. The van der Waals surface area contributed by atoms with Crippen LogP contribution in [0.5, 0.6) is 11.5 Å². The molecule has 0 radical (unpaired) electrons. The number of methoxy groups -OCH3 is 2. The Bertz CT molecular complexity index is 525. The average molecular weight is 249 g/mol. The minimum atomic E-state index is 0.467. The van der Waals surface area contributed by atoms with Crippen molar-refractivity contribution in [2.45, 2.75) is 6.42 Å². The van der Waals surface area contributed by atoms with Crippen LogP contribution < -0.4 is 15.2 Å². The van der Waals surface area contributed by atoms with E-state index in [1.807, 2.05) is 18.2 Å². The Morgan fingerprint density at radius 3 is 2.78 bits per heavy atom. The van der Waals surface area contributed by atoms with Crippen LogP contribution in [0.1, 0.15) is 5.89 Å². The molecule has 0 aliphatic heterocycles. The second kappa shape index (κ2) is 5.50. The van der Waals surface area contributed by atoms with Gasteiger partial charge in [-0.05, 0) is 12.1 Å². The number of nitrogens with zero attached hydrogens (tertiary/aromatic N) is 2. The van der Waals surface area contributed by atoms with Gasteiger partial charge in [-0.25, -0.2) is 0 Å². The van der Waals surface area contributed by atoms with E-state index in [1.54, 1.807) is 14.2 Å². The summed E-state index contributed by atoms with van der Waals surface area (Å²) >= 11 is 0. The van der Waals surface area contributed by atoms with E-state index in [1.165, 1.54) is 0 Å². The van der Waals surface area contributed by atoms with Gasteiger partial charge in [0.25, 0.3) is 0 Å². The third-order valence-electron chi connectivity index (χ3n) is 2.47. The zero-order valence-corrected chi connectivity index (χ0v) is 10.3. The summed E-state index contributed by atoms with van der Waals surface area (Å²) in [5.74, 6) is 2.19. The van der Waals surface area contributed by atoms with Crippen LogP contribution in [-0.2, 0) is 6.42 Å². The predicted octanol–water partition coefficient (Wildman–Crippen LogP) is 1.25. The zero-order chi connectivity index (χ0) is 13.0. The Kier molecular flexibility index (Phi) is 3.78. The highest BCUT2D eigenvalue weighted by atomic mass is 16.5. The van der Waals surface area contributed by atoms with Crippen LogP contribution in [-0.4, -0.2) is 30.9 Å². The average Bonchev–Trinajstić information content (AvgIpc) is 2.86. The van der Waals surface area contributed by atoms with E-state index in [0.717, 1.165) is 5.56 Å². The summed E-state index contributed by atoms with van der Waals surface area (Å²) < 4.78 is 15.6. The molecule has 0 amide bonds. The van der Waals surface area contributed by atoms with Gasteiger partial charge in [0.15, 0.2) is 11.5 Å². The molecule has 0 unspecified atom stereocenters. The molecule has 1 aromatic carbocycles. The summed E-state index contributed by atoms with van der Waals surface area (Å²) in [6.07, 6.45) is 0.555. The quantitative estimate of drug-likeness (QED) is 0.858. The van der Waals surface area contributed by atoms with Crippen molar-refractivity contribution in [1.29, 1.82) is 0 Å². The van der Waals surface area contributed by atoms with Crippen molar-refractivity contribution >= 4 is 0 Å². The number of ether oxygens (including phenoxy) is 2. The van der Waals surface area contributed by atoms with E-state index >= 15 is 0 Å². The number of hydrogen-bond acceptors (Lipinski definition) is 6. The lowest BCUT2D eigenvalue weighted by atomic mass is 10.1. The van der Waals surface area contributed by atoms with Gasteiger partial charge in [0.2, 0.25) is 11.7 Å². The molecule has 2 N–H and O–H groups in total. The fourth-order valence-electron chi connectivity index (χ4n) is 1.65. The lowest BCUT2D eigenvalue weighted by Gasteiger charge is -2.09. The SMILES string of the molecule is COc1cccc(-c2noc(CCN)n2)c1OC. The highest BCUT2D eigenvalue weighted by Gasteiger charge is 2.16. The summed E-state index contributed by atoms with van der Waals surface area (Å²) in [5, 5.41) is 3.91. The molecule has 2 rings (SSSR count). The van der Waals surface area contributed by atoms with Crippen LogP contribution in [0.4, 0.5) is 0 Å². The molecule has 0 saturated heterocycles. The van der Waals surface area contributed by atoms with Crippen molar-refractivity contribution in [2.24, 2.45) is 5.73 Å². The number of benzene rings is 1. The molecule has 2 aromatic rings. The highest BCUT2D eigenvalue weighted by molar-refractivity contribution is 5.68. The fourth-order valence-corrected chi connectivity index (χ4v) is 1.65. The van der Waals surface area contributed by atoms with E-state index in [9.17, 15) is 0 Å². The first kappa shape index (κ1) is 12.4. The Labute approximate surface area is 105 Å². The van der Waals surface area contributed by atoms with Gasteiger partial charge >= 0.3 is 0 Å². The van der Waals surface area contributed by atoms with Gasteiger partial charge in [0.1, 0.15) is 0 Å². The number of rotatable bonds is 5. The predicted molar refractivity (Wildman–Crippen MR) is 65.6 cm³/mol. The molecule has 6 nitrogen and oxygen atoms in total. The smallest absolute Gasteiger partial charge is 0.228 e. The van der Waals surface area contributed by atoms with Crippen LogP contribution in [0, 0.1) is 0 Å². The first-order valence-corrected chi connectivity index (χ1v) is 5.54. The number of para-hydroxylation sites is 1. The molecular formula is C12H15N3O3. The summed E-state index contributed by atoms with van der Waals surface area (Å²) in [6, 6.07) is 5.50. The summed E-state index contributed by atoms with van der Waals surface area (Å²) in [7, 11) is 3.15. The van der Waals surface area contributed by atoms with Gasteiger partial charge in [0.05, 0.1) is 19.8 Å². The van der Waals surface area contributed by atoms with E-state index in [-0.39, 0.29) is 0 Å². The Morgan fingerprint density at radius 2 is 2.11 bits per heavy atom. The van der Waals surface area contributed by atoms with Crippen LogP contribution in [0.15, 0.2) is 22.7 Å². The van der Waals surface area contributed by atoms with Gasteiger partial charge in [-0.2, -0.15) is 4.98 Å². The second-order valence-electron chi connectivity index (χ2n) is 3.59. The van der Waals surface area contributed by atoms with Crippen molar-refractivity contribution in [3.05, 3.63) is 24.1 Å². The van der Waals surface area contributed by atoms with E-state index in [2.05, 4.69) is 10.1 Å². The Balaban J connectivity index is 2.42. The minimum absolute atomic E-state index is 0.467. The molecule has 0 atom stereocenters. The molecular weight excluding hydrogens is 234 g/mol. The summed E-state index contributed by atoms with van der Waals surface area (Å²) in [4.78, 5) is 4.26. The van der Waals surface area contributed by atoms with Gasteiger partial charge in [-0.15, -0.1) is 0 Å². The highest BCUT2D eigenvalue weighted by Crippen LogP contribution is 2.36. The maximum absolute atomic E-state index is 5.44. The third-order valence-corrected chi connectivity index (χ3v) is 2.47. The van der Waals surface area contributed by atoms with Crippen LogP contribution >= 0.6 is 0 Å². The molecule has 0 aliphatic rings. The fraction of sp³-hybridized carbons (Fsp3) is 0.333. The van der Waals surface area contributed by atoms with Gasteiger partial charge in [-0.1, -0.05) is 11.2 Å². The molecule has 18 heavy (non-hydrogen) atoms.